The van der Waals surface area contributed by atoms with Crippen LogP contribution in [0.15, 0.2) is 0 Å². The molecule has 1 rings (SSSR count). The fourth-order valence-electron chi connectivity index (χ4n) is 2.59. The second kappa shape index (κ2) is 5.85. The third kappa shape index (κ3) is 4.66. The Hall–Kier alpha value is -0.570. The van der Waals surface area contributed by atoms with Crippen molar-refractivity contribution in [1.29, 1.82) is 0 Å². The Kier molecular flexibility index (Phi) is 4.99. The van der Waals surface area contributed by atoms with Crippen LogP contribution >= 0.6 is 0 Å². The number of rotatable bonds is 3. The smallest absolute Gasteiger partial charge is 0.224 e. The van der Waals surface area contributed by atoms with Crippen LogP contribution in [0, 0.1) is 17.3 Å². The van der Waals surface area contributed by atoms with E-state index in [0.29, 0.717) is 5.92 Å². The van der Waals surface area contributed by atoms with Crippen molar-refractivity contribution in [2.24, 2.45) is 23.0 Å². The molecule has 3 unspecified atom stereocenters. The molecule has 0 aliphatic heterocycles. The van der Waals surface area contributed by atoms with Gasteiger partial charge in [-0.15, -0.1) is 0 Å². The van der Waals surface area contributed by atoms with Gasteiger partial charge in [-0.3, -0.25) is 4.79 Å². The standard InChI is InChI=1S/C14H28N2O/c1-10-6-5-7-11(15)12(10)13(17)16-9-8-14(2,3)4/h10-12H,5-9,15H2,1-4H3,(H,16,17). The van der Waals surface area contributed by atoms with E-state index in [1.807, 2.05) is 0 Å². The second-order valence-electron chi connectivity index (χ2n) is 6.70. The zero-order valence-corrected chi connectivity index (χ0v) is 11.8. The highest BCUT2D eigenvalue weighted by molar-refractivity contribution is 5.79. The summed E-state index contributed by atoms with van der Waals surface area (Å²) in [5.41, 5.74) is 6.34. The van der Waals surface area contributed by atoms with Crippen LogP contribution < -0.4 is 11.1 Å². The first-order valence-electron chi connectivity index (χ1n) is 6.84. The Morgan fingerprint density at radius 1 is 1.35 bits per heavy atom. The van der Waals surface area contributed by atoms with Crippen LogP contribution in [0.1, 0.15) is 53.4 Å². The van der Waals surface area contributed by atoms with Gasteiger partial charge in [0.1, 0.15) is 0 Å². The van der Waals surface area contributed by atoms with E-state index in [1.54, 1.807) is 0 Å². The molecule has 0 spiro atoms. The second-order valence-corrected chi connectivity index (χ2v) is 6.70. The average molecular weight is 240 g/mol. The number of carbonyl (C=O) groups excluding carboxylic acids is 1. The van der Waals surface area contributed by atoms with Gasteiger partial charge in [0.2, 0.25) is 5.91 Å². The van der Waals surface area contributed by atoms with Crippen LogP contribution in [0.2, 0.25) is 0 Å². The highest BCUT2D eigenvalue weighted by atomic mass is 16.1. The van der Waals surface area contributed by atoms with Crippen molar-refractivity contribution in [3.8, 4) is 0 Å². The van der Waals surface area contributed by atoms with Gasteiger partial charge in [0.15, 0.2) is 0 Å². The number of amides is 1. The van der Waals surface area contributed by atoms with E-state index in [-0.39, 0.29) is 23.3 Å². The molecular weight excluding hydrogens is 212 g/mol. The molecule has 1 saturated carbocycles. The Morgan fingerprint density at radius 2 is 2.00 bits per heavy atom. The zero-order valence-electron chi connectivity index (χ0n) is 11.8. The van der Waals surface area contributed by atoms with E-state index >= 15 is 0 Å². The SMILES string of the molecule is CC1CCCC(N)C1C(=O)NCCC(C)(C)C. The van der Waals surface area contributed by atoms with E-state index < -0.39 is 0 Å². The summed E-state index contributed by atoms with van der Waals surface area (Å²) in [4.78, 5) is 12.1. The van der Waals surface area contributed by atoms with Gasteiger partial charge >= 0.3 is 0 Å². The Morgan fingerprint density at radius 3 is 2.53 bits per heavy atom. The number of nitrogens with one attached hydrogen (secondary N) is 1. The molecule has 0 aromatic carbocycles. The van der Waals surface area contributed by atoms with E-state index in [0.717, 1.165) is 32.2 Å². The van der Waals surface area contributed by atoms with Crippen molar-refractivity contribution < 1.29 is 4.79 Å². The van der Waals surface area contributed by atoms with Gasteiger partial charge in [-0.1, -0.05) is 34.1 Å². The third-order valence-corrected chi connectivity index (χ3v) is 3.75. The normalized spacial score (nSPS) is 30.1. The lowest BCUT2D eigenvalue weighted by Crippen LogP contribution is -2.47. The van der Waals surface area contributed by atoms with Crippen molar-refractivity contribution in [3.05, 3.63) is 0 Å². The van der Waals surface area contributed by atoms with E-state index in [1.165, 1.54) is 0 Å². The van der Waals surface area contributed by atoms with Crippen LogP contribution in [0.3, 0.4) is 0 Å². The van der Waals surface area contributed by atoms with Gasteiger partial charge in [-0.25, -0.2) is 0 Å². The lowest BCUT2D eigenvalue weighted by Gasteiger charge is -2.33. The minimum Gasteiger partial charge on any atom is -0.356 e. The lowest BCUT2D eigenvalue weighted by atomic mass is 9.76. The quantitative estimate of drug-likeness (QED) is 0.795. The first-order chi connectivity index (χ1) is 7.81. The first-order valence-corrected chi connectivity index (χ1v) is 6.84. The monoisotopic (exact) mass is 240 g/mol. The molecule has 1 aliphatic carbocycles. The van der Waals surface area contributed by atoms with Crippen molar-refractivity contribution in [1.82, 2.24) is 5.32 Å². The van der Waals surface area contributed by atoms with Crippen LogP contribution in [-0.4, -0.2) is 18.5 Å². The molecule has 0 aromatic heterocycles. The number of carbonyl (C=O) groups is 1. The lowest BCUT2D eigenvalue weighted by molar-refractivity contribution is -0.128. The van der Waals surface area contributed by atoms with Gasteiger partial charge in [-0.2, -0.15) is 0 Å². The van der Waals surface area contributed by atoms with Crippen LogP contribution in [-0.2, 0) is 4.79 Å². The maximum absolute atomic E-state index is 12.1. The Balaban J connectivity index is 2.40. The van der Waals surface area contributed by atoms with Crippen molar-refractivity contribution in [2.75, 3.05) is 6.54 Å². The Labute approximate surface area is 106 Å². The maximum Gasteiger partial charge on any atom is 0.224 e. The van der Waals surface area contributed by atoms with E-state index in [4.69, 9.17) is 5.73 Å². The van der Waals surface area contributed by atoms with Gasteiger partial charge in [0, 0.05) is 12.6 Å². The predicted molar refractivity (Wildman–Crippen MR) is 71.6 cm³/mol. The van der Waals surface area contributed by atoms with Gasteiger partial charge in [0.05, 0.1) is 5.92 Å². The molecule has 0 aromatic rings. The molecule has 3 nitrogen and oxygen atoms in total. The molecular formula is C14H28N2O. The van der Waals surface area contributed by atoms with Gasteiger partial charge < -0.3 is 11.1 Å². The fourth-order valence-corrected chi connectivity index (χ4v) is 2.59. The minimum absolute atomic E-state index is 0.0173. The summed E-state index contributed by atoms with van der Waals surface area (Å²) in [6.07, 6.45) is 4.29. The van der Waals surface area contributed by atoms with Crippen molar-refractivity contribution >= 4 is 5.91 Å². The molecule has 3 atom stereocenters. The summed E-state index contributed by atoms with van der Waals surface area (Å²) in [7, 11) is 0. The molecule has 3 N–H and O–H groups in total. The molecule has 0 bridgehead atoms. The highest BCUT2D eigenvalue weighted by Crippen LogP contribution is 2.29. The maximum atomic E-state index is 12.1. The number of hydrogen-bond acceptors (Lipinski definition) is 2. The summed E-state index contributed by atoms with van der Waals surface area (Å²) >= 11 is 0. The summed E-state index contributed by atoms with van der Waals surface area (Å²) in [5, 5.41) is 3.05. The molecule has 100 valence electrons. The molecule has 0 saturated heterocycles. The summed E-state index contributed by atoms with van der Waals surface area (Å²) < 4.78 is 0. The summed E-state index contributed by atoms with van der Waals surface area (Å²) in [6, 6.07) is 0.0494. The van der Waals surface area contributed by atoms with E-state index in [9.17, 15) is 4.79 Å². The molecule has 0 heterocycles. The Bertz CT molecular complexity index is 247. The van der Waals surface area contributed by atoms with Gasteiger partial charge in [-0.05, 0) is 30.6 Å². The van der Waals surface area contributed by atoms with Crippen LogP contribution in [0.25, 0.3) is 0 Å². The van der Waals surface area contributed by atoms with Crippen molar-refractivity contribution in [3.63, 3.8) is 0 Å². The zero-order chi connectivity index (χ0) is 13.1. The molecule has 1 fully saturated rings. The van der Waals surface area contributed by atoms with Crippen LogP contribution in [0.4, 0.5) is 0 Å². The number of hydrogen-bond donors (Lipinski definition) is 2. The average Bonchev–Trinajstić information content (AvgIpc) is 2.15. The fraction of sp³-hybridized carbons (Fsp3) is 0.929. The first kappa shape index (κ1) is 14.5. The predicted octanol–water partition coefficient (Wildman–Crippen LogP) is 2.30. The van der Waals surface area contributed by atoms with Crippen LogP contribution in [0.5, 0.6) is 0 Å². The minimum atomic E-state index is 0.0173. The molecule has 1 amide bonds. The largest absolute Gasteiger partial charge is 0.356 e. The topological polar surface area (TPSA) is 55.1 Å². The molecule has 0 radical (unpaired) electrons. The summed E-state index contributed by atoms with van der Waals surface area (Å²) in [6.45, 7) is 9.47. The molecule has 17 heavy (non-hydrogen) atoms. The summed E-state index contributed by atoms with van der Waals surface area (Å²) in [5.74, 6) is 0.603. The third-order valence-electron chi connectivity index (χ3n) is 3.75. The molecule has 3 heteroatoms. The number of nitrogens with two attached hydrogens (primary N) is 1. The van der Waals surface area contributed by atoms with Crippen molar-refractivity contribution in [2.45, 2.75) is 59.4 Å². The van der Waals surface area contributed by atoms with E-state index in [2.05, 4.69) is 33.0 Å². The highest BCUT2D eigenvalue weighted by Gasteiger charge is 2.33. The van der Waals surface area contributed by atoms with Gasteiger partial charge in [0.25, 0.3) is 0 Å². The molecule has 1 aliphatic rings.